The van der Waals surface area contributed by atoms with E-state index >= 15 is 0 Å². The van der Waals surface area contributed by atoms with Crippen LogP contribution in [-0.2, 0) is 6.54 Å². The molecule has 1 heterocycles. The van der Waals surface area contributed by atoms with Gasteiger partial charge in [0.25, 0.3) is 0 Å². The summed E-state index contributed by atoms with van der Waals surface area (Å²) < 4.78 is 2.85. The number of aromatic nitrogens is 2. The van der Waals surface area contributed by atoms with Gasteiger partial charge in [-0.05, 0) is 34.2 Å². The fraction of sp³-hybridized carbons (Fsp3) is 0.0909. The minimum absolute atomic E-state index is 0.405. The average molecular weight is 327 g/mol. The van der Waals surface area contributed by atoms with E-state index in [2.05, 4.69) is 27.7 Å². The van der Waals surface area contributed by atoms with Crippen LogP contribution in [0.2, 0.25) is 0 Å². The maximum atomic E-state index is 11.2. The van der Waals surface area contributed by atoms with E-state index in [0.717, 1.165) is 9.13 Å². The first-order valence-corrected chi connectivity index (χ1v) is 5.80. The molecular weight excluding hydrogens is 317 g/mol. The number of amides is 1. The van der Waals surface area contributed by atoms with Gasteiger partial charge in [0.1, 0.15) is 0 Å². The van der Waals surface area contributed by atoms with Crippen molar-refractivity contribution in [3.05, 3.63) is 51.4 Å². The first-order chi connectivity index (χ1) is 7.66. The molecule has 0 aliphatic rings. The molecular formula is C11H10IN3O. The molecule has 0 saturated heterocycles. The van der Waals surface area contributed by atoms with Crippen LogP contribution in [0.3, 0.4) is 0 Å². The number of nitrogens with two attached hydrogens (primary N) is 1. The minimum Gasteiger partial charge on any atom is -0.366 e. The van der Waals surface area contributed by atoms with Crippen LogP contribution in [0.25, 0.3) is 0 Å². The lowest BCUT2D eigenvalue weighted by Gasteiger charge is -2.06. The minimum atomic E-state index is -0.405. The third-order valence-corrected chi connectivity index (χ3v) is 2.77. The fourth-order valence-corrected chi connectivity index (χ4v) is 1.94. The molecule has 82 valence electrons. The monoisotopic (exact) mass is 327 g/mol. The van der Waals surface area contributed by atoms with Gasteiger partial charge in [0.15, 0.2) is 0 Å². The number of hydrogen-bond acceptors (Lipinski definition) is 2. The highest BCUT2D eigenvalue weighted by atomic mass is 127. The van der Waals surface area contributed by atoms with Crippen molar-refractivity contribution in [1.29, 1.82) is 0 Å². The molecule has 1 amide bonds. The van der Waals surface area contributed by atoms with Crippen molar-refractivity contribution in [3.63, 3.8) is 0 Å². The molecule has 0 aliphatic carbocycles. The molecule has 1 aromatic carbocycles. The Morgan fingerprint density at radius 1 is 1.44 bits per heavy atom. The van der Waals surface area contributed by atoms with E-state index in [1.807, 2.05) is 18.3 Å². The van der Waals surface area contributed by atoms with Crippen molar-refractivity contribution in [2.24, 2.45) is 5.73 Å². The van der Waals surface area contributed by atoms with Crippen LogP contribution in [0.1, 0.15) is 15.9 Å². The number of primary amides is 1. The maximum absolute atomic E-state index is 11.2. The topological polar surface area (TPSA) is 60.9 Å². The molecule has 4 nitrogen and oxygen atoms in total. The van der Waals surface area contributed by atoms with Gasteiger partial charge in [0.2, 0.25) is 5.91 Å². The van der Waals surface area contributed by atoms with Crippen LogP contribution >= 0.6 is 22.6 Å². The predicted octanol–water partition coefficient (Wildman–Crippen LogP) is 1.63. The summed E-state index contributed by atoms with van der Waals surface area (Å²) in [6, 6.07) is 7.30. The number of nitrogens with zero attached hydrogens (tertiary/aromatic N) is 2. The van der Waals surface area contributed by atoms with E-state index in [4.69, 9.17) is 5.73 Å². The number of carbonyl (C=O) groups excluding carboxylic acids is 1. The van der Waals surface area contributed by atoms with Crippen LogP contribution in [0.15, 0.2) is 36.7 Å². The van der Waals surface area contributed by atoms with Gasteiger partial charge in [0.05, 0.1) is 16.3 Å². The summed E-state index contributed by atoms with van der Waals surface area (Å²) in [7, 11) is 0. The first kappa shape index (κ1) is 11.1. The van der Waals surface area contributed by atoms with Crippen molar-refractivity contribution in [3.8, 4) is 0 Å². The molecule has 0 bridgehead atoms. The van der Waals surface area contributed by atoms with Gasteiger partial charge >= 0.3 is 0 Å². The van der Waals surface area contributed by atoms with Crippen molar-refractivity contribution >= 4 is 28.5 Å². The lowest BCUT2D eigenvalue weighted by Crippen LogP contribution is -2.15. The Bertz CT molecular complexity index is 521. The summed E-state index contributed by atoms with van der Waals surface area (Å²) in [6.45, 7) is 0.558. The van der Waals surface area contributed by atoms with Crippen LogP contribution in [-0.4, -0.2) is 15.7 Å². The smallest absolute Gasteiger partial charge is 0.249 e. The Morgan fingerprint density at radius 2 is 2.19 bits per heavy atom. The zero-order valence-electron chi connectivity index (χ0n) is 8.43. The second-order valence-electron chi connectivity index (χ2n) is 3.38. The molecule has 0 radical (unpaired) electrons. The van der Waals surface area contributed by atoms with Gasteiger partial charge in [-0.25, -0.2) is 0 Å². The lowest BCUT2D eigenvalue weighted by atomic mass is 10.1. The van der Waals surface area contributed by atoms with E-state index in [1.54, 1.807) is 23.0 Å². The highest BCUT2D eigenvalue weighted by molar-refractivity contribution is 14.1. The number of benzene rings is 1. The Morgan fingerprint density at radius 3 is 2.81 bits per heavy atom. The van der Waals surface area contributed by atoms with Crippen LogP contribution in [0.4, 0.5) is 0 Å². The number of hydrogen-bond donors (Lipinski definition) is 1. The summed E-state index contributed by atoms with van der Waals surface area (Å²) in [5, 5.41) is 4.17. The van der Waals surface area contributed by atoms with Crippen LogP contribution in [0.5, 0.6) is 0 Å². The van der Waals surface area contributed by atoms with E-state index in [-0.39, 0.29) is 0 Å². The van der Waals surface area contributed by atoms with Crippen LogP contribution < -0.4 is 5.73 Å². The summed E-state index contributed by atoms with van der Waals surface area (Å²) in [5.74, 6) is -0.405. The first-order valence-electron chi connectivity index (χ1n) is 4.72. The van der Waals surface area contributed by atoms with Gasteiger partial charge in [-0.15, -0.1) is 0 Å². The Hall–Kier alpha value is -1.37. The molecule has 0 saturated carbocycles. The number of halogens is 1. The Labute approximate surface area is 107 Å². The summed E-state index contributed by atoms with van der Waals surface area (Å²) in [5.41, 5.74) is 6.74. The fourth-order valence-electron chi connectivity index (χ4n) is 1.50. The Balaban J connectivity index is 2.31. The normalized spacial score (nSPS) is 10.3. The van der Waals surface area contributed by atoms with E-state index < -0.39 is 5.91 Å². The van der Waals surface area contributed by atoms with Crippen molar-refractivity contribution in [2.45, 2.75) is 6.54 Å². The molecule has 16 heavy (non-hydrogen) atoms. The zero-order valence-corrected chi connectivity index (χ0v) is 10.6. The van der Waals surface area contributed by atoms with E-state index in [1.165, 1.54) is 0 Å². The second kappa shape index (κ2) is 4.65. The third kappa shape index (κ3) is 2.41. The predicted molar refractivity (Wildman–Crippen MR) is 69.0 cm³/mol. The van der Waals surface area contributed by atoms with E-state index in [9.17, 15) is 4.79 Å². The largest absolute Gasteiger partial charge is 0.366 e. The maximum Gasteiger partial charge on any atom is 0.249 e. The molecule has 0 aliphatic heterocycles. The highest BCUT2D eigenvalue weighted by Crippen LogP contribution is 2.10. The molecule has 0 spiro atoms. The van der Waals surface area contributed by atoms with Crippen molar-refractivity contribution < 1.29 is 4.79 Å². The van der Waals surface area contributed by atoms with Crippen molar-refractivity contribution in [2.75, 3.05) is 0 Å². The lowest BCUT2D eigenvalue weighted by molar-refractivity contribution is 0.0999. The Kier molecular flexibility index (Phi) is 3.23. The molecule has 2 aromatic rings. The third-order valence-electron chi connectivity index (χ3n) is 2.22. The average Bonchev–Trinajstić information content (AvgIpc) is 2.64. The summed E-state index contributed by atoms with van der Waals surface area (Å²) >= 11 is 2.19. The molecule has 0 unspecified atom stereocenters. The SMILES string of the molecule is NC(=O)c1ccccc1Cn1cc(I)cn1. The number of carbonyl (C=O) groups is 1. The van der Waals surface area contributed by atoms with Gasteiger partial charge in [-0.1, -0.05) is 18.2 Å². The summed E-state index contributed by atoms with van der Waals surface area (Å²) in [4.78, 5) is 11.2. The quantitative estimate of drug-likeness (QED) is 0.871. The molecule has 2 rings (SSSR count). The second-order valence-corrected chi connectivity index (χ2v) is 4.62. The molecule has 2 N–H and O–H groups in total. The van der Waals surface area contributed by atoms with Gasteiger partial charge in [0, 0.05) is 11.8 Å². The van der Waals surface area contributed by atoms with Gasteiger partial charge in [-0.3, -0.25) is 9.48 Å². The van der Waals surface area contributed by atoms with Crippen LogP contribution in [0, 0.1) is 3.57 Å². The standard InChI is InChI=1S/C11H10IN3O/c12-9-5-14-15(7-9)6-8-3-1-2-4-10(8)11(13)16/h1-5,7H,6H2,(H2,13,16). The highest BCUT2D eigenvalue weighted by Gasteiger charge is 2.07. The molecule has 5 heteroatoms. The van der Waals surface area contributed by atoms with Gasteiger partial charge in [-0.2, -0.15) is 5.10 Å². The zero-order chi connectivity index (χ0) is 11.5. The van der Waals surface area contributed by atoms with E-state index in [0.29, 0.717) is 12.1 Å². The van der Waals surface area contributed by atoms with Crippen molar-refractivity contribution in [1.82, 2.24) is 9.78 Å². The molecule has 0 atom stereocenters. The molecule has 0 fully saturated rings. The summed E-state index contributed by atoms with van der Waals surface area (Å²) in [6.07, 6.45) is 3.69. The number of rotatable bonds is 3. The molecule has 1 aromatic heterocycles. The van der Waals surface area contributed by atoms with Gasteiger partial charge < -0.3 is 5.73 Å².